The van der Waals surface area contributed by atoms with E-state index in [4.69, 9.17) is 23.2 Å². The minimum absolute atomic E-state index is 0.808. The molecule has 0 saturated carbocycles. The molecule has 0 fully saturated rings. The quantitative estimate of drug-likeness (QED) is 0.714. The van der Waals surface area contributed by atoms with E-state index in [0.717, 1.165) is 36.2 Å². The Morgan fingerprint density at radius 2 is 1.15 bits per heavy atom. The lowest BCUT2D eigenvalue weighted by Gasteiger charge is -2.28. The van der Waals surface area contributed by atoms with E-state index >= 15 is 0 Å². The monoisotopic (exact) mass is 304 g/mol. The van der Waals surface area contributed by atoms with Crippen LogP contribution in [0.15, 0.2) is 36.4 Å². The number of nitrogens with zero attached hydrogens (tertiary/aromatic N) is 2. The van der Waals surface area contributed by atoms with Crippen LogP contribution < -0.4 is 9.80 Å². The van der Waals surface area contributed by atoms with Gasteiger partial charge in [-0.05, 0) is 47.5 Å². The molecule has 2 aromatic rings. The van der Waals surface area contributed by atoms with E-state index in [1.165, 1.54) is 22.5 Å². The van der Waals surface area contributed by atoms with Crippen LogP contribution in [0.2, 0.25) is 10.0 Å². The molecule has 0 spiro atoms. The summed E-state index contributed by atoms with van der Waals surface area (Å²) >= 11 is 12.3. The molecule has 2 aliphatic rings. The van der Waals surface area contributed by atoms with E-state index in [-0.39, 0.29) is 0 Å². The highest BCUT2D eigenvalue weighted by Crippen LogP contribution is 2.37. The maximum absolute atomic E-state index is 6.15. The molecule has 4 rings (SSSR count). The summed E-state index contributed by atoms with van der Waals surface area (Å²) in [6, 6.07) is 12.4. The number of hydrogen-bond donors (Lipinski definition) is 0. The first-order valence-electron chi connectivity index (χ1n) is 6.77. The third-order valence-corrected chi connectivity index (χ3v) is 4.60. The predicted molar refractivity (Wildman–Crippen MR) is 85.0 cm³/mol. The largest absolute Gasteiger partial charge is 0.365 e. The minimum atomic E-state index is 0.808. The number of hydrogen-bond acceptors (Lipinski definition) is 2. The van der Waals surface area contributed by atoms with Crippen molar-refractivity contribution in [2.24, 2.45) is 0 Å². The van der Waals surface area contributed by atoms with Crippen LogP contribution in [0.1, 0.15) is 11.1 Å². The molecule has 0 atom stereocenters. The van der Waals surface area contributed by atoms with Crippen LogP contribution in [0.5, 0.6) is 0 Å². The average molecular weight is 305 g/mol. The Balaban J connectivity index is 1.87. The number of anilines is 2. The van der Waals surface area contributed by atoms with Gasteiger partial charge in [-0.1, -0.05) is 23.2 Å². The highest BCUT2D eigenvalue weighted by atomic mass is 35.5. The van der Waals surface area contributed by atoms with Gasteiger partial charge in [0.25, 0.3) is 0 Å². The van der Waals surface area contributed by atoms with Crippen molar-refractivity contribution in [1.29, 1.82) is 0 Å². The Morgan fingerprint density at radius 3 is 1.60 bits per heavy atom. The van der Waals surface area contributed by atoms with Crippen molar-refractivity contribution < 1.29 is 0 Å². The third-order valence-electron chi connectivity index (χ3n) is 4.13. The number of benzene rings is 2. The van der Waals surface area contributed by atoms with Crippen molar-refractivity contribution in [1.82, 2.24) is 0 Å². The summed E-state index contributed by atoms with van der Waals surface area (Å²) in [6.07, 6.45) is 0. The molecule has 2 aliphatic heterocycles. The molecule has 102 valence electrons. The Kier molecular flexibility index (Phi) is 2.83. The van der Waals surface area contributed by atoms with Gasteiger partial charge in [-0.15, -0.1) is 0 Å². The first-order valence-corrected chi connectivity index (χ1v) is 7.53. The van der Waals surface area contributed by atoms with E-state index in [2.05, 4.69) is 34.1 Å². The van der Waals surface area contributed by atoms with Gasteiger partial charge in [0.1, 0.15) is 0 Å². The molecule has 2 aromatic carbocycles. The first-order chi connectivity index (χ1) is 9.70. The van der Waals surface area contributed by atoms with Crippen LogP contribution in [0.25, 0.3) is 0 Å². The second kappa shape index (κ2) is 4.57. The second-order valence-electron chi connectivity index (χ2n) is 5.39. The summed E-state index contributed by atoms with van der Waals surface area (Å²) in [5, 5.41) is 1.62. The van der Waals surface area contributed by atoms with Crippen molar-refractivity contribution in [2.75, 3.05) is 22.9 Å². The first kappa shape index (κ1) is 12.4. The molecule has 2 bridgehead atoms. The summed E-state index contributed by atoms with van der Waals surface area (Å²) in [6.45, 7) is 3.86. The molecule has 0 N–H and O–H groups in total. The summed E-state index contributed by atoms with van der Waals surface area (Å²) in [4.78, 5) is 4.85. The van der Waals surface area contributed by atoms with Gasteiger partial charge < -0.3 is 9.80 Å². The zero-order valence-corrected chi connectivity index (χ0v) is 12.5. The molecule has 0 radical (unpaired) electrons. The number of fused-ring (bicyclic) bond motifs is 7. The maximum Gasteiger partial charge on any atom is 0.0451 e. The van der Waals surface area contributed by atoms with Gasteiger partial charge in [-0.3, -0.25) is 0 Å². The van der Waals surface area contributed by atoms with Crippen LogP contribution in [0.3, 0.4) is 0 Å². The van der Waals surface area contributed by atoms with Gasteiger partial charge in [0, 0.05) is 47.6 Å². The van der Waals surface area contributed by atoms with Gasteiger partial charge in [0.2, 0.25) is 0 Å². The summed E-state index contributed by atoms with van der Waals surface area (Å²) in [7, 11) is 0. The smallest absolute Gasteiger partial charge is 0.0451 e. The van der Waals surface area contributed by atoms with E-state index < -0.39 is 0 Å². The highest BCUT2D eigenvalue weighted by molar-refractivity contribution is 6.31. The van der Waals surface area contributed by atoms with Gasteiger partial charge in [-0.25, -0.2) is 0 Å². The lowest BCUT2D eigenvalue weighted by molar-refractivity contribution is 0.793. The number of rotatable bonds is 0. The summed E-state index contributed by atoms with van der Waals surface area (Å²) in [5.74, 6) is 0. The standard InChI is InChI=1S/C16H14Cl2N2/c17-13-1-3-15-11(7-13)9-20-6-5-19(15)10-12-8-14(18)2-4-16(12)20/h1-4,7-8H,5-6,9-10H2. The van der Waals surface area contributed by atoms with Crippen LogP contribution >= 0.6 is 23.2 Å². The Labute approximate surface area is 128 Å². The van der Waals surface area contributed by atoms with Gasteiger partial charge in [-0.2, -0.15) is 0 Å². The predicted octanol–water partition coefficient (Wildman–Crippen LogP) is 4.33. The fourth-order valence-electron chi connectivity index (χ4n) is 3.20. The Morgan fingerprint density at radius 1 is 0.700 bits per heavy atom. The van der Waals surface area contributed by atoms with E-state index in [1.54, 1.807) is 0 Å². The molecule has 2 nitrogen and oxygen atoms in total. The molecule has 0 amide bonds. The third kappa shape index (κ3) is 1.95. The van der Waals surface area contributed by atoms with Gasteiger partial charge in [0.05, 0.1) is 0 Å². The molecular formula is C16H14Cl2N2. The second-order valence-corrected chi connectivity index (χ2v) is 6.26. The van der Waals surface area contributed by atoms with Crippen molar-refractivity contribution >= 4 is 34.6 Å². The van der Waals surface area contributed by atoms with E-state index in [1.807, 2.05) is 12.1 Å². The fourth-order valence-corrected chi connectivity index (χ4v) is 3.59. The van der Waals surface area contributed by atoms with Crippen LogP contribution in [-0.4, -0.2) is 13.1 Å². The van der Waals surface area contributed by atoms with E-state index in [9.17, 15) is 0 Å². The lowest BCUT2D eigenvalue weighted by Crippen LogP contribution is -2.26. The molecule has 4 heteroatoms. The van der Waals surface area contributed by atoms with Gasteiger partial charge >= 0.3 is 0 Å². The molecule has 2 heterocycles. The molecule has 0 saturated heterocycles. The highest BCUT2D eigenvalue weighted by Gasteiger charge is 2.26. The molecule has 0 aromatic heterocycles. The normalized spacial score (nSPS) is 16.5. The summed E-state index contributed by atoms with van der Waals surface area (Å²) < 4.78 is 0. The molecule has 0 aliphatic carbocycles. The maximum atomic E-state index is 6.15. The van der Waals surface area contributed by atoms with Crippen molar-refractivity contribution in [3.8, 4) is 0 Å². The lowest BCUT2D eigenvalue weighted by atomic mass is 10.1. The Bertz CT molecular complexity index is 625. The zero-order valence-electron chi connectivity index (χ0n) is 10.9. The zero-order chi connectivity index (χ0) is 13.7. The average Bonchev–Trinajstić information content (AvgIpc) is 2.68. The SMILES string of the molecule is Clc1ccc2c(c1)CN1CCN2Cc2cc(Cl)ccc21. The summed E-state index contributed by atoms with van der Waals surface area (Å²) in [5.41, 5.74) is 5.19. The van der Waals surface area contributed by atoms with Crippen molar-refractivity contribution in [3.05, 3.63) is 57.6 Å². The topological polar surface area (TPSA) is 6.48 Å². The van der Waals surface area contributed by atoms with Gasteiger partial charge in [0.15, 0.2) is 0 Å². The molecular weight excluding hydrogens is 291 g/mol. The number of halogens is 2. The molecule has 0 unspecified atom stereocenters. The van der Waals surface area contributed by atoms with Crippen LogP contribution in [0.4, 0.5) is 11.4 Å². The Hall–Kier alpha value is -1.38. The molecule has 20 heavy (non-hydrogen) atoms. The van der Waals surface area contributed by atoms with E-state index in [0.29, 0.717) is 0 Å². The van der Waals surface area contributed by atoms with Crippen LogP contribution in [0, 0.1) is 0 Å². The van der Waals surface area contributed by atoms with Crippen LogP contribution in [-0.2, 0) is 13.1 Å². The fraction of sp³-hybridized carbons (Fsp3) is 0.250. The van der Waals surface area contributed by atoms with Crippen molar-refractivity contribution in [2.45, 2.75) is 13.1 Å². The minimum Gasteiger partial charge on any atom is -0.365 e. The van der Waals surface area contributed by atoms with Crippen molar-refractivity contribution in [3.63, 3.8) is 0 Å².